The molecule has 36 heavy (non-hydrogen) atoms. The van der Waals surface area contributed by atoms with E-state index in [0.29, 0.717) is 19.3 Å². The molecule has 0 spiro atoms. The predicted octanol–water partition coefficient (Wildman–Crippen LogP) is 3.98. The Kier molecular flexibility index (Phi) is 12.1. The molecule has 3 unspecified atom stereocenters. The van der Waals surface area contributed by atoms with E-state index >= 15 is 0 Å². The van der Waals surface area contributed by atoms with Gasteiger partial charge in [0.05, 0.1) is 18.3 Å². The molecule has 0 aromatic rings. The summed E-state index contributed by atoms with van der Waals surface area (Å²) in [4.78, 5) is 10.9. The van der Waals surface area contributed by atoms with Crippen molar-refractivity contribution in [2.24, 2.45) is 0 Å². The van der Waals surface area contributed by atoms with E-state index in [-0.39, 0.29) is 5.57 Å². The Morgan fingerprint density at radius 1 is 1.22 bits per heavy atom. The highest BCUT2D eigenvalue weighted by Gasteiger charge is 2.48. The second-order valence-corrected chi connectivity index (χ2v) is 9.69. The van der Waals surface area contributed by atoms with E-state index in [2.05, 4.69) is 12.7 Å². The van der Waals surface area contributed by atoms with Crippen LogP contribution in [0.5, 0.6) is 0 Å². The average molecular weight is 511 g/mol. The molecule has 0 fully saturated rings. The molecule has 0 radical (unpaired) electrons. The zero-order chi connectivity index (χ0) is 27.7. The number of rotatable bonds is 14. The number of allylic oxidation sites excluding steroid dienone is 3. The highest BCUT2D eigenvalue weighted by molar-refractivity contribution is 5.85. The summed E-state index contributed by atoms with van der Waals surface area (Å²) >= 11 is 0. The van der Waals surface area contributed by atoms with Gasteiger partial charge < -0.3 is 40.1 Å². The van der Waals surface area contributed by atoms with Crippen LogP contribution in [0.2, 0.25) is 0 Å². The van der Waals surface area contributed by atoms with Crippen LogP contribution in [-0.4, -0.2) is 72.9 Å². The number of aliphatic carboxylic acids is 1. The minimum atomic E-state index is -1.77. The average Bonchev–Trinajstić information content (AvgIpc) is 2.80. The fourth-order valence-corrected chi connectivity index (χ4v) is 3.89. The summed E-state index contributed by atoms with van der Waals surface area (Å²) in [5.41, 5.74) is 1.29. The maximum absolute atomic E-state index is 10.9. The number of carboxylic acids is 1. The van der Waals surface area contributed by atoms with Gasteiger partial charge in [-0.2, -0.15) is 0 Å². The van der Waals surface area contributed by atoms with Crippen molar-refractivity contribution in [1.29, 1.82) is 0 Å². The first-order chi connectivity index (χ1) is 16.7. The molecule has 204 valence electrons. The third kappa shape index (κ3) is 9.22. The topological polar surface area (TPSA) is 157 Å². The van der Waals surface area contributed by atoms with Gasteiger partial charge in [0.25, 0.3) is 0 Å². The smallest absolute Gasteiger partial charge is 0.331 e. The third-order valence-corrected chi connectivity index (χ3v) is 6.20. The molecule has 0 bridgehead atoms. The molecule has 5 atom stereocenters. The van der Waals surface area contributed by atoms with Gasteiger partial charge in [-0.15, -0.1) is 6.58 Å². The van der Waals surface area contributed by atoms with Crippen LogP contribution in [0.3, 0.4) is 0 Å². The Morgan fingerprint density at radius 3 is 2.39 bits per heavy atom. The first-order valence-corrected chi connectivity index (χ1v) is 12.0. The molecule has 9 nitrogen and oxygen atoms in total. The highest BCUT2D eigenvalue weighted by atomic mass is 16.7. The fourth-order valence-electron chi connectivity index (χ4n) is 3.89. The van der Waals surface area contributed by atoms with Crippen molar-refractivity contribution in [1.82, 2.24) is 0 Å². The molecule has 1 heterocycles. The Labute approximate surface area is 213 Å². The molecular formula is C27H42O9. The van der Waals surface area contributed by atoms with Gasteiger partial charge in [-0.25, -0.2) is 4.79 Å². The molecule has 0 saturated carbocycles. The Balaban J connectivity index is 2.68. The van der Waals surface area contributed by atoms with Crippen LogP contribution in [0.1, 0.15) is 66.7 Å². The molecule has 1 rings (SSSR count). The van der Waals surface area contributed by atoms with Gasteiger partial charge in [-0.05, 0) is 72.8 Å². The van der Waals surface area contributed by atoms with Gasteiger partial charge >= 0.3 is 5.97 Å². The van der Waals surface area contributed by atoms with Gasteiger partial charge in [0.1, 0.15) is 12.2 Å². The van der Waals surface area contributed by atoms with Crippen molar-refractivity contribution in [3.05, 3.63) is 59.1 Å². The van der Waals surface area contributed by atoms with Crippen LogP contribution >= 0.6 is 0 Å². The summed E-state index contributed by atoms with van der Waals surface area (Å²) in [6.45, 7) is 11.8. The number of ether oxygens (including phenoxy) is 2. The highest BCUT2D eigenvalue weighted by Crippen LogP contribution is 2.37. The molecule has 0 amide bonds. The van der Waals surface area contributed by atoms with Gasteiger partial charge in [0.15, 0.2) is 11.5 Å². The second-order valence-electron chi connectivity index (χ2n) is 9.69. The number of carbonyl (C=O) groups is 1. The molecule has 0 saturated heterocycles. The summed E-state index contributed by atoms with van der Waals surface area (Å²) in [5, 5.41) is 58.7. The molecule has 0 aliphatic carbocycles. The van der Waals surface area contributed by atoms with E-state index in [1.807, 2.05) is 19.9 Å². The number of hydrogen-bond acceptors (Lipinski definition) is 8. The maximum Gasteiger partial charge on any atom is 0.331 e. The molecular weight excluding hydrogens is 468 g/mol. The molecule has 0 aromatic carbocycles. The lowest BCUT2D eigenvalue weighted by atomic mass is 9.96. The normalized spacial score (nSPS) is 26.5. The van der Waals surface area contributed by atoms with E-state index in [1.54, 1.807) is 13.0 Å². The summed E-state index contributed by atoms with van der Waals surface area (Å²) in [7, 11) is 0. The summed E-state index contributed by atoms with van der Waals surface area (Å²) in [6, 6.07) is 0. The number of aliphatic hydroxyl groups is 5. The minimum absolute atomic E-state index is 0.113. The number of carboxylic acid groups (broad SMARTS) is 1. The van der Waals surface area contributed by atoms with Crippen LogP contribution < -0.4 is 0 Å². The summed E-state index contributed by atoms with van der Waals surface area (Å²) in [5.74, 6) is -4.17. The predicted molar refractivity (Wildman–Crippen MR) is 136 cm³/mol. The van der Waals surface area contributed by atoms with Gasteiger partial charge in [0.2, 0.25) is 5.79 Å². The SMILES string of the molecule is C=C[C@](C)(CC/C=C(\C)CC/C=C(\C)CC(O)/C=C(\C)C(=O)O)OC1(C)OC(CO)[C@@H](O)C(O)=C1O. The summed E-state index contributed by atoms with van der Waals surface area (Å²) < 4.78 is 11.6. The van der Waals surface area contributed by atoms with E-state index in [1.165, 1.54) is 19.9 Å². The fraction of sp³-hybridized carbons (Fsp3) is 0.593. The number of hydrogen-bond donors (Lipinski definition) is 6. The van der Waals surface area contributed by atoms with Crippen LogP contribution in [-0.2, 0) is 14.3 Å². The standard InChI is InChI=1S/C27H42O9/c1-7-26(5,36-27(6)24(32)23(31)22(30)21(16-28)35-27)13-9-12-17(2)10-8-11-18(3)14-20(29)15-19(4)25(33)34/h7,11-12,15,20-22,28-32H,1,8-10,13-14,16H2,2-6H3,(H,33,34)/b17-12+,18-11+,19-15+/t20?,21?,22-,26-,27?/m1/s1. The second kappa shape index (κ2) is 13.8. The minimum Gasteiger partial charge on any atom is -0.506 e. The van der Waals surface area contributed by atoms with E-state index in [4.69, 9.17) is 14.6 Å². The van der Waals surface area contributed by atoms with Crippen molar-refractivity contribution in [2.75, 3.05) is 6.61 Å². The Morgan fingerprint density at radius 2 is 1.83 bits per heavy atom. The lowest BCUT2D eigenvalue weighted by molar-refractivity contribution is -0.301. The zero-order valence-corrected chi connectivity index (χ0v) is 21.9. The zero-order valence-electron chi connectivity index (χ0n) is 21.9. The molecule has 9 heteroatoms. The largest absolute Gasteiger partial charge is 0.506 e. The van der Waals surface area contributed by atoms with Crippen LogP contribution in [0.15, 0.2) is 59.1 Å². The molecule has 1 aliphatic rings. The monoisotopic (exact) mass is 510 g/mol. The van der Waals surface area contributed by atoms with Crippen LogP contribution in [0.4, 0.5) is 0 Å². The van der Waals surface area contributed by atoms with E-state index < -0.39 is 53.8 Å². The van der Waals surface area contributed by atoms with Crippen LogP contribution in [0, 0.1) is 0 Å². The van der Waals surface area contributed by atoms with E-state index in [0.717, 1.165) is 24.0 Å². The first-order valence-electron chi connectivity index (χ1n) is 12.0. The van der Waals surface area contributed by atoms with Crippen molar-refractivity contribution in [2.45, 2.75) is 96.4 Å². The third-order valence-electron chi connectivity index (χ3n) is 6.20. The molecule has 1 aliphatic heterocycles. The van der Waals surface area contributed by atoms with Crippen molar-refractivity contribution in [3.8, 4) is 0 Å². The van der Waals surface area contributed by atoms with Gasteiger partial charge in [0, 0.05) is 5.57 Å². The Hall–Kier alpha value is -2.43. The first kappa shape index (κ1) is 31.6. The molecule has 6 N–H and O–H groups in total. The lowest BCUT2D eigenvalue weighted by Gasteiger charge is -2.43. The quantitative estimate of drug-likeness (QED) is 0.150. The van der Waals surface area contributed by atoms with Gasteiger partial charge in [-0.3, -0.25) is 0 Å². The van der Waals surface area contributed by atoms with Gasteiger partial charge in [-0.1, -0.05) is 29.4 Å². The van der Waals surface area contributed by atoms with Crippen molar-refractivity contribution >= 4 is 5.97 Å². The van der Waals surface area contributed by atoms with Crippen molar-refractivity contribution in [3.63, 3.8) is 0 Å². The maximum atomic E-state index is 10.9. The van der Waals surface area contributed by atoms with Crippen molar-refractivity contribution < 1.29 is 44.9 Å². The lowest BCUT2D eigenvalue weighted by Crippen LogP contribution is -2.53. The number of aliphatic hydroxyl groups excluding tert-OH is 5. The summed E-state index contributed by atoms with van der Waals surface area (Å²) in [6.07, 6.45) is 6.52. The van der Waals surface area contributed by atoms with Crippen LogP contribution in [0.25, 0.3) is 0 Å². The molecule has 0 aromatic heterocycles. The van der Waals surface area contributed by atoms with E-state index in [9.17, 15) is 30.3 Å². The Bertz CT molecular complexity index is 901.